The van der Waals surface area contributed by atoms with E-state index in [1.54, 1.807) is 0 Å². The Bertz CT molecular complexity index is 788. The normalized spacial score (nSPS) is 14.1. The first kappa shape index (κ1) is 18.9. The van der Waals surface area contributed by atoms with Crippen LogP contribution in [-0.2, 0) is 21.7 Å². The van der Waals surface area contributed by atoms with Crippen molar-refractivity contribution < 1.29 is 33.0 Å². The van der Waals surface area contributed by atoms with Gasteiger partial charge in [-0.1, -0.05) is 0 Å². The molecule has 136 valence electrons. The summed E-state index contributed by atoms with van der Waals surface area (Å²) in [5, 5.41) is 25.2. The Morgan fingerprint density at radius 2 is 2.08 bits per heavy atom. The molecule has 0 radical (unpaired) electrons. The van der Waals surface area contributed by atoms with Gasteiger partial charge in [0.25, 0.3) is 0 Å². The molecule has 0 fully saturated rings. The van der Waals surface area contributed by atoms with E-state index in [0.717, 1.165) is 4.68 Å². The summed E-state index contributed by atoms with van der Waals surface area (Å²) in [6, 6.07) is 1.22. The summed E-state index contributed by atoms with van der Waals surface area (Å²) in [6.07, 6.45) is -5.18. The molecule has 2 heterocycles. The second-order valence-electron chi connectivity index (χ2n) is 5.17. The maximum atomic E-state index is 13.3. The standard InChI is InChI=1S/C13H13F3N4O4S/c1-7-6-25-11(17-7)12(24,13(14,15)16)4-9(21)18-8-2-3-20(19-8)5-10(22)23/h2-3,6,24H,4-5H2,1H3,(H,22,23)(H,18,19,21). The smallest absolute Gasteiger partial charge is 0.424 e. The van der Waals surface area contributed by atoms with Gasteiger partial charge in [0, 0.05) is 23.3 Å². The third-order valence-corrected chi connectivity index (χ3v) is 4.17. The number of thiazole rings is 1. The molecule has 0 spiro atoms. The third-order valence-electron chi connectivity index (χ3n) is 3.06. The fourth-order valence-electron chi connectivity index (χ4n) is 1.92. The number of aliphatic hydroxyl groups is 1. The topological polar surface area (TPSA) is 117 Å². The lowest BCUT2D eigenvalue weighted by Gasteiger charge is -2.27. The van der Waals surface area contributed by atoms with Crippen molar-refractivity contribution in [1.82, 2.24) is 14.8 Å². The molecular weight excluding hydrogens is 365 g/mol. The molecular formula is C13H13F3N4O4S. The van der Waals surface area contributed by atoms with E-state index >= 15 is 0 Å². The number of rotatable bonds is 6. The second kappa shape index (κ2) is 6.80. The number of carbonyl (C=O) groups is 2. The molecule has 8 nitrogen and oxygen atoms in total. The van der Waals surface area contributed by atoms with Gasteiger partial charge in [0.1, 0.15) is 11.6 Å². The lowest BCUT2D eigenvalue weighted by Crippen LogP contribution is -2.45. The predicted molar refractivity (Wildman–Crippen MR) is 79.9 cm³/mol. The highest BCUT2D eigenvalue weighted by Gasteiger charge is 2.58. The maximum absolute atomic E-state index is 13.3. The van der Waals surface area contributed by atoms with E-state index in [0.29, 0.717) is 11.3 Å². The fourth-order valence-corrected chi connectivity index (χ4v) is 2.83. The van der Waals surface area contributed by atoms with Gasteiger partial charge in [-0.15, -0.1) is 11.3 Å². The lowest BCUT2D eigenvalue weighted by atomic mass is 9.99. The molecule has 1 atom stereocenters. The average molecular weight is 378 g/mol. The largest absolute Gasteiger partial charge is 0.480 e. The van der Waals surface area contributed by atoms with E-state index in [4.69, 9.17) is 5.11 Å². The van der Waals surface area contributed by atoms with Crippen LogP contribution in [-0.4, -0.2) is 43.0 Å². The number of aromatic nitrogens is 3. The van der Waals surface area contributed by atoms with Gasteiger partial charge in [-0.25, -0.2) is 4.98 Å². The number of amides is 1. The van der Waals surface area contributed by atoms with Crippen molar-refractivity contribution in [3.8, 4) is 0 Å². The van der Waals surface area contributed by atoms with E-state index in [-0.39, 0.29) is 11.5 Å². The molecule has 25 heavy (non-hydrogen) atoms. The number of nitrogens with zero attached hydrogens (tertiary/aromatic N) is 3. The quantitative estimate of drug-likeness (QED) is 0.701. The summed E-state index contributed by atoms with van der Waals surface area (Å²) >= 11 is 0.596. The van der Waals surface area contributed by atoms with Crippen molar-refractivity contribution in [1.29, 1.82) is 0 Å². The molecule has 3 N–H and O–H groups in total. The van der Waals surface area contributed by atoms with Crippen molar-refractivity contribution in [2.24, 2.45) is 0 Å². The predicted octanol–water partition coefficient (Wildman–Crippen LogP) is 1.51. The molecule has 1 unspecified atom stereocenters. The van der Waals surface area contributed by atoms with Crippen molar-refractivity contribution >= 4 is 29.0 Å². The number of carbonyl (C=O) groups excluding carboxylic acids is 1. The molecule has 0 aliphatic heterocycles. The zero-order valence-corrected chi connectivity index (χ0v) is 13.6. The van der Waals surface area contributed by atoms with Crippen LogP contribution in [0.15, 0.2) is 17.6 Å². The van der Waals surface area contributed by atoms with Crippen LogP contribution >= 0.6 is 11.3 Å². The average Bonchev–Trinajstić information content (AvgIpc) is 3.06. The van der Waals surface area contributed by atoms with E-state index in [2.05, 4.69) is 15.4 Å². The summed E-state index contributed by atoms with van der Waals surface area (Å²) in [7, 11) is 0. The number of carboxylic acid groups (broad SMARTS) is 1. The molecule has 2 rings (SSSR count). The Morgan fingerprint density at radius 3 is 2.60 bits per heavy atom. The molecule has 0 bridgehead atoms. The SMILES string of the molecule is Cc1csc(C(O)(CC(=O)Nc2ccn(CC(=O)O)n2)C(F)(F)F)n1. The second-order valence-corrected chi connectivity index (χ2v) is 6.03. The highest BCUT2D eigenvalue weighted by atomic mass is 32.1. The molecule has 1 amide bonds. The first-order chi connectivity index (χ1) is 11.5. The van der Waals surface area contributed by atoms with Gasteiger partial charge < -0.3 is 15.5 Å². The molecule has 0 aromatic carbocycles. The summed E-state index contributed by atoms with van der Waals surface area (Å²) in [4.78, 5) is 26.1. The Labute approximate surface area is 142 Å². The van der Waals surface area contributed by atoms with Crippen molar-refractivity contribution in [3.63, 3.8) is 0 Å². The van der Waals surface area contributed by atoms with Gasteiger partial charge in [0.05, 0.1) is 6.42 Å². The van der Waals surface area contributed by atoms with Gasteiger partial charge in [-0.2, -0.15) is 18.3 Å². The van der Waals surface area contributed by atoms with Crippen LogP contribution in [0.2, 0.25) is 0 Å². The van der Waals surface area contributed by atoms with E-state index in [1.807, 2.05) is 0 Å². The molecule has 0 saturated carbocycles. The van der Waals surface area contributed by atoms with Crippen LogP contribution in [0.25, 0.3) is 0 Å². The van der Waals surface area contributed by atoms with Crippen molar-refractivity contribution in [2.45, 2.75) is 31.7 Å². The number of alkyl halides is 3. The van der Waals surface area contributed by atoms with Gasteiger partial charge in [0.2, 0.25) is 11.5 Å². The molecule has 0 saturated heterocycles. The number of nitrogens with one attached hydrogen (secondary N) is 1. The molecule has 12 heteroatoms. The summed E-state index contributed by atoms with van der Waals surface area (Å²) < 4.78 is 40.9. The van der Waals surface area contributed by atoms with Crippen molar-refractivity contribution in [2.75, 3.05) is 5.32 Å². The van der Waals surface area contributed by atoms with E-state index in [1.165, 1.54) is 24.6 Å². The molecule has 0 aliphatic rings. The Kier molecular flexibility index (Phi) is 5.13. The third kappa shape index (κ3) is 4.33. The number of carboxylic acids is 1. The minimum Gasteiger partial charge on any atom is -0.480 e. The number of aliphatic carboxylic acids is 1. The fraction of sp³-hybridized carbons (Fsp3) is 0.385. The Balaban J connectivity index is 2.15. The minimum atomic E-state index is -5.11. The van der Waals surface area contributed by atoms with Crippen LogP contribution in [0.4, 0.5) is 19.0 Å². The zero-order valence-electron chi connectivity index (χ0n) is 12.7. The Morgan fingerprint density at radius 1 is 1.40 bits per heavy atom. The first-order valence-electron chi connectivity index (χ1n) is 6.78. The maximum Gasteiger partial charge on any atom is 0.424 e. The van der Waals surface area contributed by atoms with Crippen LogP contribution in [0, 0.1) is 6.92 Å². The van der Waals surface area contributed by atoms with Crippen molar-refractivity contribution in [3.05, 3.63) is 28.3 Å². The van der Waals surface area contributed by atoms with Gasteiger partial charge in [-0.05, 0) is 6.92 Å². The number of hydrogen-bond donors (Lipinski definition) is 3. The summed E-state index contributed by atoms with van der Waals surface area (Å²) in [5.74, 6) is -2.45. The van der Waals surface area contributed by atoms with Crippen LogP contribution in [0.3, 0.4) is 0 Å². The molecule has 2 aromatic rings. The number of hydrogen-bond acceptors (Lipinski definition) is 6. The highest BCUT2D eigenvalue weighted by molar-refractivity contribution is 7.09. The lowest BCUT2D eigenvalue weighted by molar-refractivity contribution is -0.266. The van der Waals surface area contributed by atoms with Crippen LogP contribution < -0.4 is 5.32 Å². The van der Waals surface area contributed by atoms with E-state index in [9.17, 15) is 27.9 Å². The monoisotopic (exact) mass is 378 g/mol. The zero-order chi connectivity index (χ0) is 18.8. The van der Waals surface area contributed by atoms with Crippen LogP contribution in [0.5, 0.6) is 0 Å². The number of halogens is 3. The Hall–Kier alpha value is -2.47. The summed E-state index contributed by atoms with van der Waals surface area (Å²) in [6.45, 7) is 0.993. The van der Waals surface area contributed by atoms with Gasteiger partial charge >= 0.3 is 12.1 Å². The molecule has 2 aromatic heterocycles. The first-order valence-corrected chi connectivity index (χ1v) is 7.66. The minimum absolute atomic E-state index is 0.133. The number of aryl methyl sites for hydroxylation is 1. The molecule has 0 aliphatic carbocycles. The van der Waals surface area contributed by atoms with Gasteiger partial charge in [0.15, 0.2) is 5.82 Å². The summed E-state index contributed by atoms with van der Waals surface area (Å²) in [5.41, 5.74) is -3.14. The van der Waals surface area contributed by atoms with Gasteiger partial charge in [-0.3, -0.25) is 14.3 Å². The van der Waals surface area contributed by atoms with E-state index < -0.39 is 41.6 Å². The van der Waals surface area contributed by atoms with Crippen LogP contribution in [0.1, 0.15) is 17.1 Å². The number of anilines is 1. The highest BCUT2D eigenvalue weighted by Crippen LogP contribution is 2.42.